The minimum Gasteiger partial charge on any atom is -0.480 e. The van der Waals surface area contributed by atoms with Gasteiger partial charge in [0.15, 0.2) is 5.82 Å². The van der Waals surface area contributed by atoms with E-state index < -0.39 is 5.97 Å². The lowest BCUT2D eigenvalue weighted by Gasteiger charge is -2.32. The van der Waals surface area contributed by atoms with E-state index >= 15 is 0 Å². The standard InChI is InChI=1S/C11H15N5O3/c17-10(18)6-16(8-1-2-8)11(19)14-3-4-15-7-12-13-9(15)5-14/h7-8H,1-6H2,(H,17,18). The Balaban J connectivity index is 1.71. The molecular formula is C11H15N5O3. The van der Waals surface area contributed by atoms with Gasteiger partial charge in [-0.3, -0.25) is 4.79 Å². The quantitative estimate of drug-likeness (QED) is 0.814. The number of amides is 2. The molecule has 1 saturated carbocycles. The van der Waals surface area contributed by atoms with Crippen LogP contribution in [0.4, 0.5) is 4.79 Å². The van der Waals surface area contributed by atoms with Gasteiger partial charge in [-0.15, -0.1) is 10.2 Å². The predicted octanol–water partition coefficient (Wildman–Crippen LogP) is -0.237. The smallest absolute Gasteiger partial charge is 0.323 e. The van der Waals surface area contributed by atoms with Crippen molar-refractivity contribution in [2.75, 3.05) is 13.1 Å². The van der Waals surface area contributed by atoms with Crippen molar-refractivity contribution in [3.8, 4) is 0 Å². The summed E-state index contributed by atoms with van der Waals surface area (Å²) in [5.41, 5.74) is 0. The summed E-state index contributed by atoms with van der Waals surface area (Å²) in [6, 6.07) is -0.123. The molecule has 3 rings (SSSR count). The number of aromatic nitrogens is 3. The second-order valence-electron chi connectivity index (χ2n) is 4.90. The van der Waals surface area contributed by atoms with Gasteiger partial charge in [-0.1, -0.05) is 0 Å². The third-order valence-corrected chi connectivity index (χ3v) is 3.45. The molecule has 1 aliphatic carbocycles. The van der Waals surface area contributed by atoms with Gasteiger partial charge in [0.05, 0.1) is 6.54 Å². The first kappa shape index (κ1) is 11.9. The molecule has 102 valence electrons. The zero-order chi connectivity index (χ0) is 13.4. The Bertz CT molecular complexity index is 510. The van der Waals surface area contributed by atoms with Gasteiger partial charge in [-0.05, 0) is 12.8 Å². The van der Waals surface area contributed by atoms with Crippen LogP contribution in [0.1, 0.15) is 18.7 Å². The summed E-state index contributed by atoms with van der Waals surface area (Å²) >= 11 is 0. The fourth-order valence-electron chi connectivity index (χ4n) is 2.30. The van der Waals surface area contributed by atoms with Gasteiger partial charge in [0.25, 0.3) is 0 Å². The minimum atomic E-state index is -0.972. The molecule has 0 aromatic carbocycles. The molecule has 0 spiro atoms. The zero-order valence-corrected chi connectivity index (χ0v) is 10.4. The van der Waals surface area contributed by atoms with Crippen LogP contribution in [0, 0.1) is 0 Å². The first-order valence-electron chi connectivity index (χ1n) is 6.29. The van der Waals surface area contributed by atoms with Crippen molar-refractivity contribution in [1.29, 1.82) is 0 Å². The van der Waals surface area contributed by atoms with Gasteiger partial charge in [-0.2, -0.15) is 0 Å². The van der Waals surface area contributed by atoms with E-state index in [4.69, 9.17) is 5.11 Å². The molecule has 19 heavy (non-hydrogen) atoms. The number of carboxylic acids is 1. The molecule has 2 heterocycles. The lowest BCUT2D eigenvalue weighted by Crippen LogP contribution is -2.48. The largest absolute Gasteiger partial charge is 0.480 e. The van der Waals surface area contributed by atoms with Gasteiger partial charge in [0.2, 0.25) is 0 Å². The molecule has 1 aromatic rings. The molecule has 0 unspecified atom stereocenters. The summed E-state index contributed by atoms with van der Waals surface area (Å²) in [5.74, 6) is -0.230. The Hall–Kier alpha value is -2.12. The van der Waals surface area contributed by atoms with Crippen LogP contribution in [0.3, 0.4) is 0 Å². The Kier molecular flexibility index (Phi) is 2.84. The molecule has 0 saturated heterocycles. The first-order valence-corrected chi connectivity index (χ1v) is 6.29. The first-order chi connectivity index (χ1) is 9.15. The summed E-state index contributed by atoms with van der Waals surface area (Å²) in [7, 11) is 0. The van der Waals surface area contributed by atoms with E-state index in [1.165, 1.54) is 4.90 Å². The SMILES string of the molecule is O=C(O)CN(C(=O)N1CCn2cnnc2C1)C1CC1. The summed E-state index contributed by atoms with van der Waals surface area (Å²) in [6.07, 6.45) is 3.43. The fourth-order valence-corrected chi connectivity index (χ4v) is 2.30. The van der Waals surface area contributed by atoms with Crippen molar-refractivity contribution >= 4 is 12.0 Å². The van der Waals surface area contributed by atoms with Crippen LogP contribution in [-0.4, -0.2) is 60.8 Å². The lowest BCUT2D eigenvalue weighted by molar-refractivity contribution is -0.137. The summed E-state index contributed by atoms with van der Waals surface area (Å²) in [6.45, 7) is 1.38. The number of rotatable bonds is 3. The van der Waals surface area contributed by atoms with Crippen LogP contribution in [0.5, 0.6) is 0 Å². The van der Waals surface area contributed by atoms with Crippen molar-refractivity contribution < 1.29 is 14.7 Å². The normalized spacial score (nSPS) is 18.0. The van der Waals surface area contributed by atoms with E-state index in [2.05, 4.69) is 10.2 Å². The van der Waals surface area contributed by atoms with Crippen LogP contribution in [-0.2, 0) is 17.9 Å². The molecule has 1 aromatic heterocycles. The summed E-state index contributed by atoms with van der Waals surface area (Å²) in [4.78, 5) is 26.3. The van der Waals surface area contributed by atoms with Crippen molar-refractivity contribution in [3.63, 3.8) is 0 Å². The highest BCUT2D eigenvalue weighted by Gasteiger charge is 2.37. The topological polar surface area (TPSA) is 91.6 Å². The minimum absolute atomic E-state index is 0.0865. The van der Waals surface area contributed by atoms with E-state index in [1.54, 1.807) is 11.2 Å². The zero-order valence-electron chi connectivity index (χ0n) is 10.4. The maximum absolute atomic E-state index is 12.4. The Morgan fingerprint density at radius 1 is 1.42 bits per heavy atom. The molecule has 8 nitrogen and oxygen atoms in total. The molecule has 8 heteroatoms. The summed E-state index contributed by atoms with van der Waals surface area (Å²) < 4.78 is 1.91. The Labute approximate surface area is 109 Å². The van der Waals surface area contributed by atoms with Crippen LogP contribution in [0.25, 0.3) is 0 Å². The highest BCUT2D eigenvalue weighted by molar-refractivity contribution is 5.80. The molecule has 1 N–H and O–H groups in total. The second kappa shape index (κ2) is 4.52. The number of carbonyl (C=O) groups is 2. The van der Waals surface area contributed by atoms with E-state index in [1.807, 2.05) is 4.57 Å². The highest BCUT2D eigenvalue weighted by atomic mass is 16.4. The molecule has 1 aliphatic heterocycles. The monoisotopic (exact) mass is 265 g/mol. The molecular weight excluding hydrogens is 250 g/mol. The lowest BCUT2D eigenvalue weighted by atomic mass is 10.3. The number of fused-ring (bicyclic) bond motifs is 1. The number of carboxylic acid groups (broad SMARTS) is 1. The Morgan fingerprint density at radius 2 is 2.21 bits per heavy atom. The maximum Gasteiger partial charge on any atom is 0.323 e. The van der Waals surface area contributed by atoms with Gasteiger partial charge in [-0.25, -0.2) is 4.79 Å². The predicted molar refractivity (Wildman–Crippen MR) is 63.2 cm³/mol. The van der Waals surface area contributed by atoms with Crippen molar-refractivity contribution in [3.05, 3.63) is 12.2 Å². The average molecular weight is 265 g/mol. The van der Waals surface area contributed by atoms with E-state index in [-0.39, 0.29) is 18.6 Å². The van der Waals surface area contributed by atoms with E-state index in [0.29, 0.717) is 19.6 Å². The van der Waals surface area contributed by atoms with Gasteiger partial charge >= 0.3 is 12.0 Å². The molecule has 0 radical (unpaired) electrons. The third-order valence-electron chi connectivity index (χ3n) is 3.45. The number of aliphatic carboxylic acids is 1. The second-order valence-corrected chi connectivity index (χ2v) is 4.90. The number of nitrogens with zero attached hydrogens (tertiary/aromatic N) is 5. The van der Waals surface area contributed by atoms with Crippen molar-refractivity contribution in [2.24, 2.45) is 0 Å². The van der Waals surface area contributed by atoms with Crippen LogP contribution < -0.4 is 0 Å². The Morgan fingerprint density at radius 3 is 2.89 bits per heavy atom. The molecule has 2 aliphatic rings. The van der Waals surface area contributed by atoms with Crippen LogP contribution in [0.2, 0.25) is 0 Å². The van der Waals surface area contributed by atoms with Gasteiger partial charge in [0.1, 0.15) is 12.9 Å². The number of urea groups is 1. The molecule has 2 amide bonds. The fraction of sp³-hybridized carbons (Fsp3) is 0.636. The molecule has 0 atom stereocenters. The van der Waals surface area contributed by atoms with E-state index in [0.717, 1.165) is 18.7 Å². The van der Waals surface area contributed by atoms with Gasteiger partial charge < -0.3 is 19.5 Å². The van der Waals surface area contributed by atoms with Gasteiger partial charge in [0, 0.05) is 19.1 Å². The highest BCUT2D eigenvalue weighted by Crippen LogP contribution is 2.28. The number of hydrogen-bond donors (Lipinski definition) is 1. The maximum atomic E-state index is 12.4. The molecule has 0 bridgehead atoms. The van der Waals surface area contributed by atoms with E-state index in [9.17, 15) is 9.59 Å². The van der Waals surface area contributed by atoms with Crippen LogP contribution in [0.15, 0.2) is 6.33 Å². The number of hydrogen-bond acceptors (Lipinski definition) is 4. The summed E-state index contributed by atoms with van der Waals surface area (Å²) in [5, 5.41) is 16.7. The van der Waals surface area contributed by atoms with Crippen LogP contribution >= 0.6 is 0 Å². The average Bonchev–Trinajstić information content (AvgIpc) is 3.12. The van der Waals surface area contributed by atoms with Crippen molar-refractivity contribution in [1.82, 2.24) is 24.6 Å². The molecule has 1 fully saturated rings. The van der Waals surface area contributed by atoms with Crippen molar-refractivity contribution in [2.45, 2.75) is 32.0 Å². The number of carbonyl (C=O) groups excluding carboxylic acids is 1. The third kappa shape index (κ3) is 2.38.